The third-order valence-electron chi connectivity index (χ3n) is 2.39. The molecule has 0 amide bonds. The van der Waals surface area contributed by atoms with E-state index in [9.17, 15) is 4.39 Å². The van der Waals surface area contributed by atoms with Crippen LogP contribution in [-0.2, 0) is 6.42 Å². The normalized spacial score (nSPS) is 15.0. The maximum atomic E-state index is 13.4. The van der Waals surface area contributed by atoms with Crippen LogP contribution in [0, 0.1) is 11.7 Å². The molecular formula is C12H17ClFN. The van der Waals surface area contributed by atoms with Crippen molar-refractivity contribution in [1.82, 2.24) is 0 Å². The van der Waals surface area contributed by atoms with Crippen molar-refractivity contribution in [1.29, 1.82) is 0 Å². The Labute approximate surface area is 95.4 Å². The molecule has 0 aromatic heterocycles. The summed E-state index contributed by atoms with van der Waals surface area (Å²) < 4.78 is 13.4. The summed E-state index contributed by atoms with van der Waals surface area (Å²) in [6, 6.07) is 4.93. The Morgan fingerprint density at radius 3 is 2.60 bits per heavy atom. The van der Waals surface area contributed by atoms with Crippen LogP contribution in [0.5, 0.6) is 0 Å². The predicted molar refractivity (Wildman–Crippen MR) is 62.5 cm³/mol. The lowest BCUT2D eigenvalue weighted by Crippen LogP contribution is -2.19. The quantitative estimate of drug-likeness (QED) is 0.842. The van der Waals surface area contributed by atoms with Crippen LogP contribution in [0.4, 0.5) is 4.39 Å². The smallest absolute Gasteiger partial charge is 0.127 e. The molecule has 0 aliphatic rings. The summed E-state index contributed by atoms with van der Waals surface area (Å²) >= 11 is 5.94. The molecule has 2 unspecified atom stereocenters. The molecule has 1 nitrogen and oxygen atoms in total. The SMILES string of the molecule is CC(N)CC(C)Cc1c(F)cccc1Cl. The Kier molecular flexibility index (Phi) is 4.55. The van der Waals surface area contributed by atoms with Crippen LogP contribution in [0.2, 0.25) is 5.02 Å². The highest BCUT2D eigenvalue weighted by Crippen LogP contribution is 2.23. The van der Waals surface area contributed by atoms with Gasteiger partial charge in [0.2, 0.25) is 0 Å². The second-order valence-corrected chi connectivity index (χ2v) is 4.63. The Hall–Kier alpha value is -0.600. The number of benzene rings is 1. The summed E-state index contributed by atoms with van der Waals surface area (Å²) in [5.74, 6) is 0.124. The Bertz CT molecular complexity index is 305. The Morgan fingerprint density at radius 2 is 2.07 bits per heavy atom. The van der Waals surface area contributed by atoms with E-state index in [1.165, 1.54) is 6.07 Å². The molecule has 0 radical (unpaired) electrons. The molecule has 0 aliphatic carbocycles. The molecule has 1 rings (SSSR count). The molecule has 0 fully saturated rings. The molecule has 3 heteroatoms. The number of hydrogen-bond acceptors (Lipinski definition) is 1. The van der Waals surface area contributed by atoms with Gasteiger partial charge in [0.1, 0.15) is 5.82 Å². The fraction of sp³-hybridized carbons (Fsp3) is 0.500. The van der Waals surface area contributed by atoms with Crippen molar-refractivity contribution >= 4 is 11.6 Å². The first-order valence-electron chi connectivity index (χ1n) is 5.19. The fourth-order valence-electron chi connectivity index (χ4n) is 1.79. The van der Waals surface area contributed by atoms with Gasteiger partial charge in [0.15, 0.2) is 0 Å². The fourth-order valence-corrected chi connectivity index (χ4v) is 2.03. The van der Waals surface area contributed by atoms with Gasteiger partial charge in [0.05, 0.1) is 0 Å². The van der Waals surface area contributed by atoms with E-state index in [1.54, 1.807) is 12.1 Å². The predicted octanol–water partition coefficient (Wildman–Crippen LogP) is 3.40. The largest absolute Gasteiger partial charge is 0.328 e. The molecule has 0 heterocycles. The van der Waals surface area contributed by atoms with Gasteiger partial charge < -0.3 is 5.73 Å². The van der Waals surface area contributed by atoms with Crippen molar-refractivity contribution in [2.45, 2.75) is 32.7 Å². The highest BCUT2D eigenvalue weighted by Gasteiger charge is 2.12. The minimum absolute atomic E-state index is 0.144. The maximum Gasteiger partial charge on any atom is 0.127 e. The van der Waals surface area contributed by atoms with Crippen LogP contribution >= 0.6 is 11.6 Å². The molecule has 15 heavy (non-hydrogen) atoms. The van der Waals surface area contributed by atoms with Crippen molar-refractivity contribution < 1.29 is 4.39 Å². The van der Waals surface area contributed by atoms with E-state index in [1.807, 2.05) is 6.92 Å². The van der Waals surface area contributed by atoms with E-state index in [2.05, 4.69) is 6.92 Å². The van der Waals surface area contributed by atoms with Gasteiger partial charge in [-0.2, -0.15) is 0 Å². The first kappa shape index (κ1) is 12.5. The molecule has 84 valence electrons. The minimum atomic E-state index is -0.223. The van der Waals surface area contributed by atoms with Gasteiger partial charge in [-0.3, -0.25) is 0 Å². The maximum absolute atomic E-state index is 13.4. The van der Waals surface area contributed by atoms with Crippen LogP contribution in [0.15, 0.2) is 18.2 Å². The lowest BCUT2D eigenvalue weighted by molar-refractivity contribution is 0.469. The van der Waals surface area contributed by atoms with Gasteiger partial charge in [-0.15, -0.1) is 0 Å². The molecule has 1 aromatic rings. The highest BCUT2D eigenvalue weighted by atomic mass is 35.5. The van der Waals surface area contributed by atoms with Crippen LogP contribution in [0.3, 0.4) is 0 Å². The van der Waals surface area contributed by atoms with Crippen molar-refractivity contribution in [3.8, 4) is 0 Å². The highest BCUT2D eigenvalue weighted by molar-refractivity contribution is 6.31. The van der Waals surface area contributed by atoms with Gasteiger partial charge in [0.25, 0.3) is 0 Å². The first-order valence-corrected chi connectivity index (χ1v) is 5.57. The number of nitrogens with two attached hydrogens (primary N) is 1. The summed E-state index contributed by atoms with van der Waals surface area (Å²) in [5.41, 5.74) is 6.30. The topological polar surface area (TPSA) is 26.0 Å². The van der Waals surface area contributed by atoms with Gasteiger partial charge in [0, 0.05) is 16.6 Å². The number of rotatable bonds is 4. The summed E-state index contributed by atoms with van der Waals surface area (Å²) in [6.07, 6.45) is 1.53. The zero-order valence-corrected chi connectivity index (χ0v) is 9.89. The van der Waals surface area contributed by atoms with E-state index >= 15 is 0 Å². The third-order valence-corrected chi connectivity index (χ3v) is 2.74. The second kappa shape index (κ2) is 5.47. The van der Waals surface area contributed by atoms with Gasteiger partial charge in [-0.25, -0.2) is 4.39 Å². The average molecular weight is 230 g/mol. The second-order valence-electron chi connectivity index (χ2n) is 4.22. The van der Waals surface area contributed by atoms with Gasteiger partial charge in [-0.05, 0) is 37.8 Å². The minimum Gasteiger partial charge on any atom is -0.328 e. The molecular weight excluding hydrogens is 213 g/mol. The average Bonchev–Trinajstić information content (AvgIpc) is 2.10. The van der Waals surface area contributed by atoms with Crippen molar-refractivity contribution in [2.24, 2.45) is 11.7 Å². The van der Waals surface area contributed by atoms with Gasteiger partial charge in [-0.1, -0.05) is 24.6 Å². The monoisotopic (exact) mass is 229 g/mol. The van der Waals surface area contributed by atoms with Gasteiger partial charge >= 0.3 is 0 Å². The van der Waals surface area contributed by atoms with E-state index in [0.717, 1.165) is 6.42 Å². The Balaban J connectivity index is 2.71. The molecule has 0 saturated carbocycles. The van der Waals surface area contributed by atoms with E-state index in [-0.39, 0.29) is 11.9 Å². The summed E-state index contributed by atoms with van der Waals surface area (Å²) in [4.78, 5) is 0. The van der Waals surface area contributed by atoms with Crippen molar-refractivity contribution in [3.63, 3.8) is 0 Å². The lowest BCUT2D eigenvalue weighted by Gasteiger charge is -2.15. The van der Waals surface area contributed by atoms with Crippen molar-refractivity contribution in [3.05, 3.63) is 34.6 Å². The number of halogens is 2. The molecule has 0 saturated heterocycles. The summed E-state index contributed by atoms with van der Waals surface area (Å²) in [6.45, 7) is 4.02. The summed E-state index contributed by atoms with van der Waals surface area (Å²) in [7, 11) is 0. The molecule has 0 spiro atoms. The standard InChI is InChI=1S/C12H17ClFN/c1-8(6-9(2)15)7-10-11(13)4-3-5-12(10)14/h3-5,8-9H,6-7,15H2,1-2H3. The van der Waals surface area contributed by atoms with Crippen LogP contribution in [-0.4, -0.2) is 6.04 Å². The van der Waals surface area contributed by atoms with Crippen LogP contribution in [0.1, 0.15) is 25.8 Å². The zero-order chi connectivity index (χ0) is 11.4. The first-order chi connectivity index (χ1) is 7.00. The van der Waals surface area contributed by atoms with Crippen LogP contribution in [0.25, 0.3) is 0 Å². The van der Waals surface area contributed by atoms with E-state index in [0.29, 0.717) is 22.9 Å². The van der Waals surface area contributed by atoms with E-state index in [4.69, 9.17) is 17.3 Å². The van der Waals surface area contributed by atoms with Crippen LogP contribution < -0.4 is 5.73 Å². The Morgan fingerprint density at radius 1 is 1.40 bits per heavy atom. The molecule has 2 atom stereocenters. The molecule has 0 bridgehead atoms. The molecule has 2 N–H and O–H groups in total. The third kappa shape index (κ3) is 3.80. The molecule has 0 aliphatic heterocycles. The zero-order valence-electron chi connectivity index (χ0n) is 9.13. The molecule has 1 aromatic carbocycles. The van der Waals surface area contributed by atoms with Crippen molar-refractivity contribution in [2.75, 3.05) is 0 Å². The van der Waals surface area contributed by atoms with E-state index < -0.39 is 0 Å². The number of hydrogen-bond donors (Lipinski definition) is 1. The summed E-state index contributed by atoms with van der Waals surface area (Å²) in [5, 5.41) is 0.506. The lowest BCUT2D eigenvalue weighted by atomic mass is 9.95.